The van der Waals surface area contributed by atoms with E-state index in [0.717, 1.165) is 6.07 Å². The summed E-state index contributed by atoms with van der Waals surface area (Å²) in [4.78, 5) is 20.2. The number of aliphatic hydroxyl groups is 1. The van der Waals surface area contributed by atoms with Gasteiger partial charge in [0.25, 0.3) is 0 Å². The Labute approximate surface area is 256 Å². The molecule has 1 saturated heterocycles. The summed E-state index contributed by atoms with van der Waals surface area (Å²) in [5.74, 6) is -1.77. The van der Waals surface area contributed by atoms with Gasteiger partial charge in [0.1, 0.15) is 5.76 Å². The number of Topliss-reactive ketones (excluding diaryl/α,β-unsaturated/α-hetero) is 1. The van der Waals surface area contributed by atoms with Crippen LogP contribution in [0.4, 0.5) is 37.7 Å². The molecule has 2 heterocycles. The van der Waals surface area contributed by atoms with Crippen molar-refractivity contribution < 1.29 is 44.7 Å². The normalized spacial score (nSPS) is 27.0. The summed E-state index contributed by atoms with van der Waals surface area (Å²) in [7, 11) is -2.57. The molecule has 0 saturated carbocycles. The summed E-state index contributed by atoms with van der Waals surface area (Å²) in [6.45, 7) is 11.2. The van der Waals surface area contributed by atoms with Gasteiger partial charge in [-0.2, -0.15) is 26.6 Å². The van der Waals surface area contributed by atoms with Crippen LogP contribution in [-0.2, 0) is 20.2 Å². The first kappa shape index (κ1) is 32.6. The van der Waals surface area contributed by atoms with Crippen molar-refractivity contribution >= 4 is 38.5 Å². The number of hydrogen-bond donors (Lipinski definition) is 2. The number of nitrogens with zero attached hydrogens (tertiary/aromatic N) is 3. The number of rotatable bonds is 3. The molecular formula is C30H32F6N4O4S. The molecule has 2 atom stereocenters. The predicted octanol–water partition coefficient (Wildman–Crippen LogP) is 6.36. The minimum atomic E-state index is -5.96. The highest BCUT2D eigenvalue weighted by Gasteiger charge is 2.50. The maximum absolute atomic E-state index is 13.8. The Morgan fingerprint density at radius 3 is 2.02 bits per heavy atom. The molecule has 0 aromatic heterocycles. The van der Waals surface area contributed by atoms with E-state index in [4.69, 9.17) is 0 Å². The molecule has 1 aromatic carbocycles. The molecular weight excluding hydrogens is 626 g/mol. The number of benzene rings is 1. The van der Waals surface area contributed by atoms with Gasteiger partial charge in [-0.3, -0.25) is 9.52 Å². The predicted molar refractivity (Wildman–Crippen MR) is 158 cm³/mol. The van der Waals surface area contributed by atoms with Gasteiger partial charge in [-0.15, -0.1) is 13.2 Å². The third-order valence-electron chi connectivity index (χ3n) is 9.91. The topological polar surface area (TPSA) is 102 Å². The lowest BCUT2D eigenvalue weighted by molar-refractivity contribution is -0.119. The van der Waals surface area contributed by atoms with Gasteiger partial charge in [-0.25, -0.2) is 0 Å². The minimum Gasteiger partial charge on any atom is -0.506 e. The van der Waals surface area contributed by atoms with E-state index in [1.807, 2.05) is 41.5 Å². The van der Waals surface area contributed by atoms with Crippen LogP contribution in [0.15, 0.2) is 57.5 Å². The molecule has 0 spiro atoms. The molecule has 45 heavy (non-hydrogen) atoms. The minimum absolute atomic E-state index is 0.150. The second kappa shape index (κ2) is 9.63. The van der Waals surface area contributed by atoms with Crippen molar-refractivity contribution in [3.05, 3.63) is 63.6 Å². The zero-order valence-electron chi connectivity index (χ0n) is 25.7. The zero-order chi connectivity index (χ0) is 34.0. The summed E-state index contributed by atoms with van der Waals surface area (Å²) in [5.41, 5.74) is -7.82. The van der Waals surface area contributed by atoms with Gasteiger partial charge >= 0.3 is 21.8 Å². The van der Waals surface area contributed by atoms with Crippen molar-refractivity contribution in [2.45, 2.75) is 70.8 Å². The largest absolute Gasteiger partial charge is 0.516 e. The van der Waals surface area contributed by atoms with Crippen LogP contribution in [0.2, 0.25) is 0 Å². The first-order valence-corrected chi connectivity index (χ1v) is 15.4. The fraction of sp³-hybridized carbons (Fsp3) is 0.467. The fourth-order valence-corrected chi connectivity index (χ4v) is 7.02. The van der Waals surface area contributed by atoms with Crippen LogP contribution < -0.4 is 9.62 Å². The Balaban J connectivity index is 1.77. The number of likely N-dealkylation sites (tertiary alicyclic amines) is 1. The molecule has 2 unspecified atom stereocenters. The van der Waals surface area contributed by atoms with Crippen molar-refractivity contribution in [3.63, 3.8) is 0 Å². The number of sulfonamides is 1. The van der Waals surface area contributed by atoms with Gasteiger partial charge in [0.2, 0.25) is 5.78 Å². The van der Waals surface area contributed by atoms with Gasteiger partial charge in [0.05, 0.1) is 22.5 Å². The highest BCUT2D eigenvalue weighted by molar-refractivity contribution is 7.93. The average Bonchev–Trinajstić information content (AvgIpc) is 3.16. The van der Waals surface area contributed by atoms with E-state index in [0.29, 0.717) is 22.5 Å². The van der Waals surface area contributed by atoms with E-state index < -0.39 is 66.7 Å². The molecule has 2 aliphatic carbocycles. The molecule has 1 aromatic rings. The summed E-state index contributed by atoms with van der Waals surface area (Å²) < 4.78 is 107. The van der Waals surface area contributed by atoms with Gasteiger partial charge in [-0.05, 0) is 49.3 Å². The Morgan fingerprint density at radius 1 is 0.911 bits per heavy atom. The van der Waals surface area contributed by atoms with E-state index in [-0.39, 0.29) is 23.2 Å². The Hall–Kier alpha value is -3.75. The van der Waals surface area contributed by atoms with Crippen LogP contribution in [0.5, 0.6) is 0 Å². The van der Waals surface area contributed by atoms with E-state index in [1.165, 1.54) is 22.9 Å². The summed E-state index contributed by atoms with van der Waals surface area (Å²) in [6, 6.07) is 2.15. The van der Waals surface area contributed by atoms with Crippen molar-refractivity contribution in [2.24, 2.45) is 10.4 Å². The maximum Gasteiger partial charge on any atom is 0.516 e. The number of likely N-dealkylation sites (N-methyl/N-ethyl adjacent to an activating group) is 2. The molecule has 2 N–H and O–H groups in total. The average molecular weight is 659 g/mol. The van der Waals surface area contributed by atoms with E-state index in [1.54, 1.807) is 23.9 Å². The van der Waals surface area contributed by atoms with Crippen molar-refractivity contribution in [2.75, 3.05) is 23.7 Å². The monoisotopic (exact) mass is 658 g/mol. The van der Waals surface area contributed by atoms with E-state index in [2.05, 4.69) is 4.99 Å². The number of carbonyl (C=O) groups is 1. The number of aliphatic imine (C=N–C) groups is 1. The molecule has 244 valence electrons. The van der Waals surface area contributed by atoms with Crippen LogP contribution in [0.25, 0.3) is 5.57 Å². The van der Waals surface area contributed by atoms with Crippen LogP contribution in [0.1, 0.15) is 52.7 Å². The molecule has 2 aliphatic heterocycles. The number of alkyl halides is 6. The number of fused-ring (bicyclic) bond motifs is 2. The number of halogens is 6. The lowest BCUT2D eigenvalue weighted by atomic mass is 9.73. The zero-order valence-corrected chi connectivity index (χ0v) is 26.5. The first-order chi connectivity index (χ1) is 20.3. The standard InChI is InChI=1S/C30H32F6N4O4S/c1-13-27(3,4)17-9-15(19(37-29(31,32)33)11-21(17)39(13)7)23-25(41)24(26(23)42)16-10-18-22(40(8)14(2)28(18,5)6)12-20(16)38-45(43,44)30(34,35)36/h9-14,38,41H,1-8H3. The van der Waals surface area contributed by atoms with E-state index in [9.17, 15) is 44.7 Å². The highest BCUT2D eigenvalue weighted by Crippen LogP contribution is 2.52. The Bertz CT molecular complexity index is 1810. The summed E-state index contributed by atoms with van der Waals surface area (Å²) >= 11 is 0. The lowest BCUT2D eigenvalue weighted by Gasteiger charge is -2.30. The third-order valence-corrected chi connectivity index (χ3v) is 11.0. The SMILES string of the molecule is CC1N(C)C2=CC(=NC(F)(F)F)C(=C3C(=O)C(c4cc5c(cc4NS(=O)(=O)C(F)(F)F)N(C)C(C)C5(C)C)=C3O)C=C2C1(C)C. The number of allylic oxidation sites excluding steroid dienone is 6. The van der Waals surface area contributed by atoms with Gasteiger partial charge in [-0.1, -0.05) is 27.7 Å². The van der Waals surface area contributed by atoms with E-state index >= 15 is 0 Å². The molecule has 0 amide bonds. The number of aliphatic hydroxyl groups excluding tert-OH is 1. The van der Waals surface area contributed by atoms with Crippen LogP contribution in [0, 0.1) is 5.41 Å². The Kier molecular flexibility index (Phi) is 6.98. The van der Waals surface area contributed by atoms with Gasteiger partial charge in [0, 0.05) is 59.5 Å². The second-order valence-corrected chi connectivity index (χ2v) is 14.6. The molecule has 15 heteroatoms. The third kappa shape index (κ3) is 4.76. The summed E-state index contributed by atoms with van der Waals surface area (Å²) in [5, 5.41) is 11.3. The molecule has 0 radical (unpaired) electrons. The van der Waals surface area contributed by atoms with Crippen molar-refractivity contribution in [1.82, 2.24) is 4.90 Å². The van der Waals surface area contributed by atoms with Gasteiger partial charge < -0.3 is 14.9 Å². The molecule has 8 nitrogen and oxygen atoms in total. The molecule has 0 bridgehead atoms. The quantitative estimate of drug-likeness (QED) is 0.223. The molecule has 5 rings (SSSR count). The number of nitrogens with one attached hydrogen (secondary N) is 1. The van der Waals surface area contributed by atoms with Crippen molar-refractivity contribution in [1.29, 1.82) is 0 Å². The number of hydrogen-bond acceptors (Lipinski definition) is 7. The lowest BCUT2D eigenvalue weighted by Crippen LogP contribution is -2.36. The number of ketones is 1. The maximum atomic E-state index is 13.8. The first-order valence-electron chi connectivity index (χ1n) is 13.9. The number of carbonyl (C=O) groups excluding carboxylic acids is 1. The molecule has 4 aliphatic rings. The van der Waals surface area contributed by atoms with Crippen molar-refractivity contribution in [3.8, 4) is 0 Å². The molecule has 1 fully saturated rings. The van der Waals surface area contributed by atoms with Crippen LogP contribution >= 0.6 is 0 Å². The number of anilines is 2. The second-order valence-electron chi connectivity index (χ2n) is 12.9. The van der Waals surface area contributed by atoms with Gasteiger partial charge in [0.15, 0.2) is 0 Å². The smallest absolute Gasteiger partial charge is 0.506 e. The highest BCUT2D eigenvalue weighted by atomic mass is 32.2. The Morgan fingerprint density at radius 2 is 1.49 bits per heavy atom. The van der Waals surface area contributed by atoms with Crippen LogP contribution in [-0.4, -0.2) is 67.9 Å². The fourth-order valence-electron chi connectivity index (χ4n) is 6.44. The summed E-state index contributed by atoms with van der Waals surface area (Å²) in [6.07, 6.45) is -2.48. The van der Waals surface area contributed by atoms with Crippen LogP contribution in [0.3, 0.4) is 0 Å².